The minimum atomic E-state index is 0.136. The zero-order chi connectivity index (χ0) is 20.9. The van der Waals surface area contributed by atoms with Crippen LogP contribution in [0.4, 0.5) is 0 Å². The number of fused-ring (bicyclic) bond motifs is 1. The second kappa shape index (κ2) is 9.35. The van der Waals surface area contributed by atoms with Crippen LogP contribution in [-0.2, 0) is 17.8 Å². The fraction of sp³-hybridized carbons (Fsp3) is 0.400. The van der Waals surface area contributed by atoms with E-state index in [2.05, 4.69) is 35.2 Å². The number of hydrogen-bond donors (Lipinski definition) is 0. The summed E-state index contributed by atoms with van der Waals surface area (Å²) in [6, 6.07) is 14.5. The van der Waals surface area contributed by atoms with Crippen molar-refractivity contribution in [2.45, 2.75) is 25.8 Å². The number of likely N-dealkylation sites (tertiary alicyclic amines) is 1. The van der Waals surface area contributed by atoms with Gasteiger partial charge in [0.05, 0.1) is 20.6 Å². The number of hydrogen-bond acceptors (Lipinski definition) is 4. The van der Waals surface area contributed by atoms with Gasteiger partial charge in [-0.25, -0.2) is 0 Å². The Balaban J connectivity index is 1.42. The molecular formula is C25H30N2O3. The molecule has 0 spiro atoms. The zero-order valence-electron chi connectivity index (χ0n) is 17.8. The Kier molecular flexibility index (Phi) is 6.38. The maximum atomic E-state index is 13.0. The van der Waals surface area contributed by atoms with Crippen molar-refractivity contribution in [3.63, 3.8) is 0 Å². The molecule has 158 valence electrons. The molecule has 1 saturated heterocycles. The van der Waals surface area contributed by atoms with Crippen LogP contribution in [0.15, 0.2) is 48.7 Å². The molecule has 0 radical (unpaired) electrons. The van der Waals surface area contributed by atoms with Gasteiger partial charge in [-0.3, -0.25) is 9.69 Å². The van der Waals surface area contributed by atoms with Gasteiger partial charge in [0.2, 0.25) is 5.91 Å². The van der Waals surface area contributed by atoms with E-state index in [1.165, 1.54) is 12.0 Å². The van der Waals surface area contributed by atoms with Gasteiger partial charge in [0.25, 0.3) is 0 Å². The number of carbonyl (C=O) groups is 1. The molecule has 0 saturated carbocycles. The molecule has 1 unspecified atom stereocenters. The van der Waals surface area contributed by atoms with Crippen molar-refractivity contribution in [3.8, 4) is 11.5 Å². The minimum absolute atomic E-state index is 0.136. The average molecular weight is 407 g/mol. The summed E-state index contributed by atoms with van der Waals surface area (Å²) in [7, 11) is 3.25. The third-order valence-electron chi connectivity index (χ3n) is 6.05. The quantitative estimate of drug-likeness (QED) is 0.728. The molecule has 2 heterocycles. The third-order valence-corrected chi connectivity index (χ3v) is 6.05. The lowest BCUT2D eigenvalue weighted by Gasteiger charge is -2.34. The lowest BCUT2D eigenvalue weighted by atomic mass is 9.96. The molecule has 2 aliphatic rings. The van der Waals surface area contributed by atoms with Gasteiger partial charge in [0.1, 0.15) is 0 Å². The van der Waals surface area contributed by atoms with Crippen LogP contribution in [0.3, 0.4) is 0 Å². The van der Waals surface area contributed by atoms with Crippen LogP contribution in [0.2, 0.25) is 0 Å². The van der Waals surface area contributed by atoms with Crippen LogP contribution >= 0.6 is 0 Å². The molecule has 1 amide bonds. The molecule has 30 heavy (non-hydrogen) atoms. The van der Waals surface area contributed by atoms with Crippen LogP contribution in [0.25, 0.3) is 6.08 Å². The Hall–Kier alpha value is -2.79. The second-order valence-corrected chi connectivity index (χ2v) is 8.17. The standard InChI is InChI=1S/C25H30N2O3/c1-29-23-13-21-10-12-27(25(28)15-22(21)14-24(23)30-2)18-20-9-6-11-26(17-20)16-19-7-4-3-5-8-19/h3-5,7-8,10,12-14,20H,6,9,11,15-18H2,1-2H3. The van der Waals surface area contributed by atoms with E-state index in [0.717, 1.165) is 43.7 Å². The number of piperidine rings is 1. The molecule has 5 heteroatoms. The van der Waals surface area contributed by atoms with Crippen molar-refractivity contribution in [3.05, 3.63) is 65.4 Å². The predicted octanol–water partition coefficient (Wildman–Crippen LogP) is 3.97. The fourth-order valence-corrected chi connectivity index (χ4v) is 4.49. The maximum Gasteiger partial charge on any atom is 0.230 e. The Morgan fingerprint density at radius 2 is 1.83 bits per heavy atom. The topological polar surface area (TPSA) is 42.0 Å². The summed E-state index contributed by atoms with van der Waals surface area (Å²) >= 11 is 0. The number of ether oxygens (including phenoxy) is 2. The maximum absolute atomic E-state index is 13.0. The van der Waals surface area contributed by atoms with Crippen LogP contribution < -0.4 is 9.47 Å². The summed E-state index contributed by atoms with van der Waals surface area (Å²) in [5.74, 6) is 1.97. The number of carbonyl (C=O) groups excluding carboxylic acids is 1. The van der Waals surface area contributed by atoms with Crippen molar-refractivity contribution < 1.29 is 14.3 Å². The monoisotopic (exact) mass is 406 g/mol. The van der Waals surface area contributed by atoms with E-state index in [0.29, 0.717) is 23.8 Å². The molecule has 2 aromatic carbocycles. The second-order valence-electron chi connectivity index (χ2n) is 8.17. The average Bonchev–Trinajstić information content (AvgIpc) is 2.92. The summed E-state index contributed by atoms with van der Waals surface area (Å²) in [5, 5.41) is 0. The van der Waals surface area contributed by atoms with Gasteiger partial charge in [-0.15, -0.1) is 0 Å². The first-order valence-electron chi connectivity index (χ1n) is 10.6. The Morgan fingerprint density at radius 1 is 1.07 bits per heavy atom. The first-order chi connectivity index (χ1) is 14.7. The minimum Gasteiger partial charge on any atom is -0.493 e. The molecule has 2 aliphatic heterocycles. The highest BCUT2D eigenvalue weighted by Gasteiger charge is 2.25. The van der Waals surface area contributed by atoms with Gasteiger partial charge < -0.3 is 14.4 Å². The summed E-state index contributed by atoms with van der Waals surface area (Å²) in [5.41, 5.74) is 3.34. The lowest BCUT2D eigenvalue weighted by Crippen LogP contribution is -2.41. The van der Waals surface area contributed by atoms with Crippen LogP contribution in [0, 0.1) is 5.92 Å². The van der Waals surface area contributed by atoms with Crippen LogP contribution in [0.5, 0.6) is 11.5 Å². The van der Waals surface area contributed by atoms with Gasteiger partial charge in [0, 0.05) is 25.8 Å². The molecule has 5 nitrogen and oxygen atoms in total. The van der Waals surface area contributed by atoms with E-state index >= 15 is 0 Å². The summed E-state index contributed by atoms with van der Waals surface area (Å²) in [6.07, 6.45) is 6.68. The van der Waals surface area contributed by atoms with E-state index < -0.39 is 0 Å². The van der Waals surface area contributed by atoms with Crippen molar-refractivity contribution >= 4 is 12.0 Å². The Bertz CT molecular complexity index is 910. The van der Waals surface area contributed by atoms with Crippen LogP contribution in [0.1, 0.15) is 29.5 Å². The lowest BCUT2D eigenvalue weighted by molar-refractivity contribution is -0.128. The molecule has 0 aromatic heterocycles. The number of methoxy groups -OCH3 is 2. The smallest absolute Gasteiger partial charge is 0.230 e. The van der Waals surface area contributed by atoms with Crippen molar-refractivity contribution in [1.82, 2.24) is 9.80 Å². The van der Waals surface area contributed by atoms with Gasteiger partial charge in [-0.05, 0) is 60.2 Å². The molecule has 1 atom stereocenters. The van der Waals surface area contributed by atoms with Crippen molar-refractivity contribution in [2.24, 2.45) is 5.92 Å². The SMILES string of the molecule is COc1cc2c(cc1OC)CC(=O)N(CC1CCCN(Cc3ccccc3)C1)C=C2. The van der Waals surface area contributed by atoms with Gasteiger partial charge in [-0.2, -0.15) is 0 Å². The number of nitrogens with zero attached hydrogens (tertiary/aromatic N) is 2. The Labute approximate surface area is 178 Å². The van der Waals surface area contributed by atoms with Crippen LogP contribution in [-0.4, -0.2) is 49.6 Å². The molecule has 0 aliphatic carbocycles. The highest BCUT2D eigenvalue weighted by Crippen LogP contribution is 2.33. The first-order valence-corrected chi connectivity index (χ1v) is 10.6. The van der Waals surface area contributed by atoms with Crippen molar-refractivity contribution in [2.75, 3.05) is 33.9 Å². The van der Waals surface area contributed by atoms with Gasteiger partial charge >= 0.3 is 0 Å². The Morgan fingerprint density at radius 3 is 2.60 bits per heavy atom. The third kappa shape index (κ3) is 4.68. The normalized spacial score (nSPS) is 19.3. The van der Waals surface area contributed by atoms with Gasteiger partial charge in [-0.1, -0.05) is 30.3 Å². The number of benzene rings is 2. The highest BCUT2D eigenvalue weighted by molar-refractivity contribution is 5.84. The summed E-state index contributed by atoms with van der Waals surface area (Å²) in [4.78, 5) is 17.4. The first kappa shape index (κ1) is 20.5. The molecule has 4 rings (SSSR count). The fourth-order valence-electron chi connectivity index (χ4n) is 4.49. The van der Waals surface area contributed by atoms with E-state index in [-0.39, 0.29) is 5.91 Å². The number of rotatable bonds is 6. The van der Waals surface area contributed by atoms with Gasteiger partial charge in [0.15, 0.2) is 11.5 Å². The van der Waals surface area contributed by atoms with Crippen molar-refractivity contribution in [1.29, 1.82) is 0 Å². The predicted molar refractivity (Wildman–Crippen MR) is 118 cm³/mol. The van der Waals surface area contributed by atoms with E-state index in [4.69, 9.17) is 9.47 Å². The summed E-state index contributed by atoms with van der Waals surface area (Å²) < 4.78 is 10.8. The zero-order valence-corrected chi connectivity index (χ0v) is 17.8. The number of amides is 1. The molecule has 2 aromatic rings. The molecule has 0 bridgehead atoms. The molecular weight excluding hydrogens is 376 g/mol. The highest BCUT2D eigenvalue weighted by atomic mass is 16.5. The van der Waals surface area contributed by atoms with E-state index in [9.17, 15) is 4.79 Å². The van der Waals surface area contributed by atoms with E-state index in [1.807, 2.05) is 29.3 Å². The summed E-state index contributed by atoms with van der Waals surface area (Å²) in [6.45, 7) is 3.90. The largest absolute Gasteiger partial charge is 0.493 e. The van der Waals surface area contributed by atoms with E-state index in [1.54, 1.807) is 14.2 Å². The molecule has 0 N–H and O–H groups in total. The molecule has 1 fully saturated rings.